The molecule has 5 nitrogen and oxygen atoms in total. The van der Waals surface area contributed by atoms with Crippen molar-refractivity contribution in [3.63, 3.8) is 0 Å². The molecular weight excluding hydrogens is 268 g/mol. The average Bonchev–Trinajstić information content (AvgIpc) is 2.88. The van der Waals surface area contributed by atoms with E-state index in [4.69, 9.17) is 5.11 Å². The highest BCUT2D eigenvalue weighted by atomic mass is 16.4. The monoisotopic (exact) mass is 288 g/mol. The van der Waals surface area contributed by atoms with E-state index in [-0.39, 0.29) is 18.0 Å². The summed E-state index contributed by atoms with van der Waals surface area (Å²) < 4.78 is 0. The van der Waals surface area contributed by atoms with E-state index in [1.807, 2.05) is 12.1 Å². The number of aliphatic carboxylic acids is 1. The molecule has 1 saturated carbocycles. The Morgan fingerprint density at radius 2 is 2.05 bits per heavy atom. The third-order valence-electron chi connectivity index (χ3n) is 4.59. The number of carboxylic acids is 1. The van der Waals surface area contributed by atoms with Crippen LogP contribution in [0.4, 0.5) is 4.79 Å². The summed E-state index contributed by atoms with van der Waals surface area (Å²) in [5, 5.41) is 14.7. The molecule has 0 aliphatic heterocycles. The van der Waals surface area contributed by atoms with Gasteiger partial charge >= 0.3 is 12.0 Å². The second kappa shape index (κ2) is 5.76. The lowest BCUT2D eigenvalue weighted by atomic mass is 9.78. The zero-order valence-electron chi connectivity index (χ0n) is 11.8. The van der Waals surface area contributed by atoms with Gasteiger partial charge in [-0.15, -0.1) is 0 Å². The van der Waals surface area contributed by atoms with Gasteiger partial charge in [0.1, 0.15) is 0 Å². The van der Waals surface area contributed by atoms with Crippen LogP contribution in [0.5, 0.6) is 0 Å². The van der Waals surface area contributed by atoms with Gasteiger partial charge in [0.05, 0.1) is 5.92 Å². The second-order valence-corrected chi connectivity index (χ2v) is 6.00. The van der Waals surface area contributed by atoms with Gasteiger partial charge in [0.2, 0.25) is 0 Å². The first kappa shape index (κ1) is 13.9. The van der Waals surface area contributed by atoms with Gasteiger partial charge in [-0.2, -0.15) is 0 Å². The number of amides is 2. The normalized spacial score (nSPS) is 26.6. The van der Waals surface area contributed by atoms with Gasteiger partial charge < -0.3 is 15.7 Å². The maximum Gasteiger partial charge on any atom is 0.315 e. The van der Waals surface area contributed by atoms with Crippen molar-refractivity contribution in [2.45, 2.75) is 37.6 Å². The molecule has 1 unspecified atom stereocenters. The molecule has 2 aliphatic carbocycles. The molecule has 3 N–H and O–H groups in total. The predicted molar refractivity (Wildman–Crippen MR) is 78.2 cm³/mol. The van der Waals surface area contributed by atoms with Crippen LogP contribution in [0.25, 0.3) is 0 Å². The number of urea groups is 1. The van der Waals surface area contributed by atoms with Crippen molar-refractivity contribution < 1.29 is 14.7 Å². The molecule has 0 spiro atoms. The maximum absolute atomic E-state index is 11.9. The maximum atomic E-state index is 11.9. The van der Waals surface area contributed by atoms with Crippen molar-refractivity contribution in [3.05, 3.63) is 35.4 Å². The largest absolute Gasteiger partial charge is 0.481 e. The molecule has 2 amide bonds. The van der Waals surface area contributed by atoms with Crippen molar-refractivity contribution >= 4 is 12.0 Å². The molecular formula is C16H20N2O3. The van der Waals surface area contributed by atoms with E-state index in [1.54, 1.807) is 0 Å². The van der Waals surface area contributed by atoms with Crippen molar-refractivity contribution in [2.75, 3.05) is 6.54 Å². The standard InChI is InChI=1S/C16H20N2O3/c19-15(20)11-5-6-13(8-11)18-16(21)17-9-12-7-10-3-1-2-4-14(10)12/h1-4,11-13H,5-9H2,(H,19,20)(H2,17,18,21)/t11-,12?,13+/m1/s1. The molecule has 3 rings (SSSR count). The third-order valence-corrected chi connectivity index (χ3v) is 4.59. The highest BCUT2D eigenvalue weighted by Crippen LogP contribution is 2.34. The highest BCUT2D eigenvalue weighted by Gasteiger charge is 2.31. The Morgan fingerprint density at radius 3 is 2.76 bits per heavy atom. The Balaban J connectivity index is 1.41. The molecule has 1 aromatic rings. The predicted octanol–water partition coefficient (Wildman–Crippen LogP) is 1.88. The fourth-order valence-electron chi connectivity index (χ4n) is 3.33. The fraction of sp³-hybridized carbons (Fsp3) is 0.500. The molecule has 2 aliphatic rings. The lowest BCUT2D eigenvalue weighted by Gasteiger charge is -2.30. The Labute approximate surface area is 123 Å². The van der Waals surface area contributed by atoms with E-state index in [0.717, 1.165) is 12.8 Å². The zero-order valence-corrected chi connectivity index (χ0v) is 11.8. The topological polar surface area (TPSA) is 78.4 Å². The van der Waals surface area contributed by atoms with Crippen LogP contribution in [0.1, 0.15) is 36.3 Å². The number of fused-ring (bicyclic) bond motifs is 1. The quantitative estimate of drug-likeness (QED) is 0.791. The van der Waals surface area contributed by atoms with Crippen molar-refractivity contribution in [2.24, 2.45) is 5.92 Å². The minimum absolute atomic E-state index is 0.0141. The fourth-order valence-corrected chi connectivity index (χ4v) is 3.33. The smallest absolute Gasteiger partial charge is 0.315 e. The summed E-state index contributed by atoms with van der Waals surface area (Å²) >= 11 is 0. The molecule has 21 heavy (non-hydrogen) atoms. The minimum Gasteiger partial charge on any atom is -0.481 e. The minimum atomic E-state index is -0.759. The lowest BCUT2D eigenvalue weighted by molar-refractivity contribution is -0.141. The van der Waals surface area contributed by atoms with E-state index in [1.165, 1.54) is 11.1 Å². The number of nitrogens with one attached hydrogen (secondary N) is 2. The molecule has 3 atom stereocenters. The Kier molecular flexibility index (Phi) is 3.82. The molecule has 5 heteroatoms. The zero-order chi connectivity index (χ0) is 14.8. The van der Waals surface area contributed by atoms with Gasteiger partial charge in [0.25, 0.3) is 0 Å². The van der Waals surface area contributed by atoms with Gasteiger partial charge in [-0.3, -0.25) is 4.79 Å². The summed E-state index contributed by atoms with van der Waals surface area (Å²) in [5.41, 5.74) is 2.69. The lowest BCUT2D eigenvalue weighted by Crippen LogP contribution is -2.43. The average molecular weight is 288 g/mol. The number of carbonyl (C=O) groups is 2. The summed E-state index contributed by atoms with van der Waals surface area (Å²) in [5.74, 6) is -0.665. The first-order chi connectivity index (χ1) is 10.1. The van der Waals surface area contributed by atoms with Gasteiger partial charge in [-0.1, -0.05) is 24.3 Å². The number of rotatable bonds is 4. The highest BCUT2D eigenvalue weighted by molar-refractivity contribution is 5.75. The van der Waals surface area contributed by atoms with E-state index in [2.05, 4.69) is 22.8 Å². The number of carbonyl (C=O) groups excluding carboxylic acids is 1. The van der Waals surface area contributed by atoms with Crippen LogP contribution >= 0.6 is 0 Å². The van der Waals surface area contributed by atoms with Crippen molar-refractivity contribution in [1.29, 1.82) is 0 Å². The molecule has 0 saturated heterocycles. The van der Waals surface area contributed by atoms with Gasteiger partial charge in [-0.05, 0) is 36.8 Å². The molecule has 0 aromatic heterocycles. The first-order valence-electron chi connectivity index (χ1n) is 7.48. The van der Waals surface area contributed by atoms with E-state index >= 15 is 0 Å². The summed E-state index contributed by atoms with van der Waals surface area (Å²) in [6, 6.07) is 8.09. The van der Waals surface area contributed by atoms with Crippen molar-refractivity contribution in [1.82, 2.24) is 10.6 Å². The molecule has 112 valence electrons. The van der Waals surface area contributed by atoms with Gasteiger partial charge in [0, 0.05) is 18.5 Å². The number of hydrogen-bond acceptors (Lipinski definition) is 2. The van der Waals surface area contributed by atoms with Crippen LogP contribution in [0, 0.1) is 5.92 Å². The second-order valence-electron chi connectivity index (χ2n) is 6.00. The van der Waals surface area contributed by atoms with Crippen LogP contribution in [-0.2, 0) is 11.2 Å². The molecule has 0 bridgehead atoms. The Morgan fingerprint density at radius 1 is 1.24 bits per heavy atom. The van der Waals surface area contributed by atoms with Crippen LogP contribution in [-0.4, -0.2) is 29.7 Å². The molecule has 0 radical (unpaired) electrons. The van der Waals surface area contributed by atoms with Crippen LogP contribution in [0.15, 0.2) is 24.3 Å². The van der Waals surface area contributed by atoms with Crippen LogP contribution < -0.4 is 10.6 Å². The Bertz CT molecular complexity index is 558. The summed E-state index contributed by atoms with van der Waals surface area (Å²) in [7, 11) is 0. The van der Waals surface area contributed by atoms with Crippen LogP contribution in [0.2, 0.25) is 0 Å². The molecule has 1 fully saturated rings. The number of hydrogen-bond donors (Lipinski definition) is 3. The van der Waals surface area contributed by atoms with Gasteiger partial charge in [0.15, 0.2) is 0 Å². The third kappa shape index (κ3) is 3.01. The molecule has 0 heterocycles. The Hall–Kier alpha value is -2.04. The summed E-state index contributed by atoms with van der Waals surface area (Å²) in [4.78, 5) is 22.7. The van der Waals surface area contributed by atoms with Crippen molar-refractivity contribution in [3.8, 4) is 0 Å². The first-order valence-corrected chi connectivity index (χ1v) is 7.48. The SMILES string of the molecule is O=C(NCC1Cc2ccccc21)N[C@H]1CC[C@@H](C(=O)O)C1. The van der Waals surface area contributed by atoms with E-state index in [9.17, 15) is 9.59 Å². The number of carboxylic acid groups (broad SMARTS) is 1. The molecule has 1 aromatic carbocycles. The number of benzene rings is 1. The van der Waals surface area contributed by atoms with E-state index in [0.29, 0.717) is 25.3 Å². The van der Waals surface area contributed by atoms with Crippen LogP contribution in [0.3, 0.4) is 0 Å². The summed E-state index contributed by atoms with van der Waals surface area (Å²) in [6.07, 6.45) is 2.95. The van der Waals surface area contributed by atoms with E-state index < -0.39 is 5.97 Å². The van der Waals surface area contributed by atoms with Gasteiger partial charge in [-0.25, -0.2) is 4.79 Å². The summed E-state index contributed by atoms with van der Waals surface area (Å²) in [6.45, 7) is 0.637.